The summed E-state index contributed by atoms with van der Waals surface area (Å²) in [5.74, 6) is 0.598. The van der Waals surface area contributed by atoms with E-state index < -0.39 is 0 Å². The smallest absolute Gasteiger partial charge is 0.0466 e. The van der Waals surface area contributed by atoms with Gasteiger partial charge in [0.1, 0.15) is 0 Å². The number of aryl methyl sites for hydroxylation is 3. The summed E-state index contributed by atoms with van der Waals surface area (Å²) in [6.07, 6.45) is 3.81. The molecule has 0 aliphatic heterocycles. The molecule has 0 fully saturated rings. The predicted octanol–water partition coefficient (Wildman–Crippen LogP) is 5.86. The number of hydrogen-bond acceptors (Lipinski definition) is 0. The van der Waals surface area contributed by atoms with Crippen LogP contribution in [0.1, 0.15) is 51.4 Å². The Hall–Kier alpha value is -1.08. The van der Waals surface area contributed by atoms with Gasteiger partial charge < -0.3 is 0 Å². The molecule has 0 nitrogen and oxygen atoms in total. The molecule has 0 radical (unpaired) electrons. The van der Waals surface area contributed by atoms with Gasteiger partial charge in [-0.25, -0.2) is 0 Å². The van der Waals surface area contributed by atoms with E-state index in [1.54, 1.807) is 11.1 Å². The lowest BCUT2D eigenvalue weighted by atomic mass is 9.79. The van der Waals surface area contributed by atoms with Crippen LogP contribution in [-0.2, 0) is 6.42 Å². The van der Waals surface area contributed by atoms with Crippen molar-refractivity contribution in [2.75, 3.05) is 0 Å². The highest BCUT2D eigenvalue weighted by atomic mass is 79.9. The first kappa shape index (κ1) is 13.9. The highest BCUT2D eigenvalue weighted by Gasteiger charge is 2.27. The van der Waals surface area contributed by atoms with Gasteiger partial charge in [0.2, 0.25) is 0 Å². The van der Waals surface area contributed by atoms with E-state index in [1.165, 1.54) is 36.0 Å². The fourth-order valence-corrected chi connectivity index (χ4v) is 4.41. The molecule has 0 aromatic heterocycles. The van der Waals surface area contributed by atoms with E-state index in [-0.39, 0.29) is 0 Å². The maximum Gasteiger partial charge on any atom is 0.0466 e. The second-order valence-corrected chi connectivity index (χ2v) is 6.95. The van der Waals surface area contributed by atoms with Crippen LogP contribution in [0.2, 0.25) is 0 Å². The van der Waals surface area contributed by atoms with Crippen molar-refractivity contribution >= 4 is 15.9 Å². The van der Waals surface area contributed by atoms with E-state index in [2.05, 4.69) is 72.2 Å². The number of alkyl halides is 1. The molecule has 2 unspecified atom stereocenters. The first-order valence-electron chi connectivity index (χ1n) is 7.46. The van der Waals surface area contributed by atoms with Crippen molar-refractivity contribution in [3.63, 3.8) is 0 Å². The average molecular weight is 329 g/mol. The standard InChI is InChI=1S/C19H21Br/c1-13-10-11-14(2)18(12-13)19(20)17-9-5-7-15-6-3-4-8-16(15)17/h3-4,6,8,10-12,17,19H,5,7,9H2,1-2H3. The Kier molecular flexibility index (Phi) is 3.98. The van der Waals surface area contributed by atoms with Crippen LogP contribution in [0.4, 0.5) is 0 Å². The molecule has 104 valence electrons. The Balaban J connectivity index is 1.99. The summed E-state index contributed by atoms with van der Waals surface area (Å²) in [6, 6.07) is 15.7. The molecule has 0 N–H and O–H groups in total. The maximum atomic E-state index is 4.00. The molecular formula is C19H21Br. The molecule has 0 spiro atoms. The zero-order valence-corrected chi connectivity index (χ0v) is 13.8. The molecule has 2 atom stereocenters. The number of rotatable bonds is 2. The minimum Gasteiger partial charge on any atom is -0.0832 e. The van der Waals surface area contributed by atoms with Crippen molar-refractivity contribution in [1.82, 2.24) is 0 Å². The van der Waals surface area contributed by atoms with Crippen molar-refractivity contribution in [2.24, 2.45) is 0 Å². The number of halogens is 1. The van der Waals surface area contributed by atoms with Crippen molar-refractivity contribution < 1.29 is 0 Å². The summed E-state index contributed by atoms with van der Waals surface area (Å²) < 4.78 is 0. The Morgan fingerprint density at radius 2 is 1.90 bits per heavy atom. The SMILES string of the molecule is Cc1ccc(C)c(C(Br)C2CCCc3ccccc32)c1. The minimum atomic E-state index is 0.420. The fourth-order valence-electron chi connectivity index (χ4n) is 3.37. The van der Waals surface area contributed by atoms with Gasteiger partial charge in [-0.2, -0.15) is 0 Å². The van der Waals surface area contributed by atoms with Gasteiger partial charge in [-0.05, 0) is 55.4 Å². The third-order valence-corrected chi connectivity index (χ3v) is 5.63. The van der Waals surface area contributed by atoms with Crippen molar-refractivity contribution in [3.05, 3.63) is 70.3 Å². The molecular weight excluding hydrogens is 308 g/mol. The van der Waals surface area contributed by atoms with Crippen LogP contribution in [0.5, 0.6) is 0 Å². The molecule has 0 saturated carbocycles. The Morgan fingerprint density at radius 3 is 2.75 bits per heavy atom. The summed E-state index contributed by atoms with van der Waals surface area (Å²) in [6.45, 7) is 4.40. The van der Waals surface area contributed by atoms with Gasteiger partial charge in [0.05, 0.1) is 0 Å². The van der Waals surface area contributed by atoms with Crippen LogP contribution < -0.4 is 0 Å². The second-order valence-electron chi connectivity index (χ2n) is 5.96. The lowest BCUT2D eigenvalue weighted by Crippen LogP contribution is -2.14. The predicted molar refractivity (Wildman–Crippen MR) is 89.7 cm³/mol. The van der Waals surface area contributed by atoms with Gasteiger partial charge in [-0.15, -0.1) is 0 Å². The number of hydrogen-bond donors (Lipinski definition) is 0. The average Bonchev–Trinajstić information content (AvgIpc) is 2.48. The van der Waals surface area contributed by atoms with E-state index in [1.807, 2.05) is 0 Å². The second kappa shape index (κ2) is 5.73. The molecule has 0 bridgehead atoms. The molecule has 0 saturated heterocycles. The Morgan fingerprint density at radius 1 is 1.10 bits per heavy atom. The van der Waals surface area contributed by atoms with E-state index in [0.29, 0.717) is 10.7 Å². The van der Waals surface area contributed by atoms with Crippen LogP contribution in [0.15, 0.2) is 42.5 Å². The first-order chi connectivity index (χ1) is 9.66. The molecule has 2 aromatic carbocycles. The van der Waals surface area contributed by atoms with Gasteiger partial charge in [0, 0.05) is 10.7 Å². The molecule has 0 heterocycles. The minimum absolute atomic E-state index is 0.420. The monoisotopic (exact) mass is 328 g/mol. The van der Waals surface area contributed by atoms with Gasteiger partial charge in [0.15, 0.2) is 0 Å². The Bertz CT molecular complexity index is 615. The summed E-state index contributed by atoms with van der Waals surface area (Å²) in [7, 11) is 0. The molecule has 3 rings (SSSR count). The molecule has 1 heteroatoms. The summed E-state index contributed by atoms with van der Waals surface area (Å²) in [5.41, 5.74) is 7.27. The lowest BCUT2D eigenvalue weighted by molar-refractivity contribution is 0.546. The largest absolute Gasteiger partial charge is 0.0832 e. The molecule has 1 aliphatic rings. The van der Waals surface area contributed by atoms with Crippen LogP contribution >= 0.6 is 15.9 Å². The van der Waals surface area contributed by atoms with Crippen LogP contribution in [0.3, 0.4) is 0 Å². The van der Waals surface area contributed by atoms with Crippen LogP contribution in [0, 0.1) is 13.8 Å². The summed E-state index contributed by atoms with van der Waals surface area (Å²) >= 11 is 4.00. The molecule has 0 amide bonds. The highest BCUT2D eigenvalue weighted by molar-refractivity contribution is 9.09. The third kappa shape index (κ3) is 2.56. The van der Waals surface area contributed by atoms with E-state index >= 15 is 0 Å². The van der Waals surface area contributed by atoms with Crippen molar-refractivity contribution in [3.8, 4) is 0 Å². The summed E-state index contributed by atoms with van der Waals surface area (Å²) in [5, 5.41) is 0. The quantitative estimate of drug-likeness (QED) is 0.605. The number of fused-ring (bicyclic) bond motifs is 1. The zero-order valence-electron chi connectivity index (χ0n) is 12.2. The van der Waals surface area contributed by atoms with E-state index in [4.69, 9.17) is 0 Å². The fraction of sp³-hybridized carbons (Fsp3) is 0.368. The van der Waals surface area contributed by atoms with E-state index in [9.17, 15) is 0 Å². The normalized spacial score (nSPS) is 19.4. The molecule has 2 aromatic rings. The van der Waals surface area contributed by atoms with Crippen LogP contribution in [0.25, 0.3) is 0 Å². The lowest BCUT2D eigenvalue weighted by Gasteiger charge is -2.30. The van der Waals surface area contributed by atoms with Crippen molar-refractivity contribution in [1.29, 1.82) is 0 Å². The Labute approximate surface area is 130 Å². The topological polar surface area (TPSA) is 0 Å². The van der Waals surface area contributed by atoms with Gasteiger partial charge in [-0.3, -0.25) is 0 Å². The van der Waals surface area contributed by atoms with E-state index in [0.717, 1.165) is 0 Å². The molecule has 20 heavy (non-hydrogen) atoms. The van der Waals surface area contributed by atoms with Gasteiger partial charge in [-0.1, -0.05) is 64.0 Å². The van der Waals surface area contributed by atoms with Gasteiger partial charge >= 0.3 is 0 Å². The zero-order chi connectivity index (χ0) is 14.1. The maximum absolute atomic E-state index is 4.00. The molecule has 1 aliphatic carbocycles. The number of benzene rings is 2. The third-order valence-electron chi connectivity index (χ3n) is 4.50. The first-order valence-corrected chi connectivity index (χ1v) is 8.37. The highest BCUT2D eigenvalue weighted by Crippen LogP contribution is 2.45. The van der Waals surface area contributed by atoms with Gasteiger partial charge in [0.25, 0.3) is 0 Å². The summed E-state index contributed by atoms with van der Waals surface area (Å²) in [4.78, 5) is 0.420. The van der Waals surface area contributed by atoms with Crippen LogP contribution in [-0.4, -0.2) is 0 Å². The van der Waals surface area contributed by atoms with Crippen molar-refractivity contribution in [2.45, 2.75) is 43.9 Å².